The molecule has 1 aliphatic heterocycles. The first-order valence-electron chi connectivity index (χ1n) is 9.11. The van der Waals surface area contributed by atoms with Crippen molar-refractivity contribution in [1.29, 1.82) is 0 Å². The minimum atomic E-state index is -0.399. The number of carbonyl (C=O) groups excluding carboxylic acids is 2. The van der Waals surface area contributed by atoms with E-state index in [1.54, 1.807) is 31.3 Å². The molecule has 2 amide bonds. The Hall–Kier alpha value is -3.22. The van der Waals surface area contributed by atoms with Crippen molar-refractivity contribution in [3.63, 3.8) is 0 Å². The summed E-state index contributed by atoms with van der Waals surface area (Å²) in [7, 11) is 3.14. The largest absolute Gasteiger partial charge is 0.495 e. The van der Waals surface area contributed by atoms with Gasteiger partial charge in [0.05, 0.1) is 32.4 Å². The van der Waals surface area contributed by atoms with Gasteiger partial charge >= 0.3 is 0 Å². The van der Waals surface area contributed by atoms with E-state index >= 15 is 0 Å². The second-order valence-corrected chi connectivity index (χ2v) is 6.37. The summed E-state index contributed by atoms with van der Waals surface area (Å²) in [6.07, 6.45) is 0.178. The zero-order valence-corrected chi connectivity index (χ0v) is 16.0. The molecule has 0 aliphatic carbocycles. The van der Waals surface area contributed by atoms with Crippen LogP contribution in [0.25, 0.3) is 0 Å². The molecule has 1 N–H and O–H groups in total. The van der Waals surface area contributed by atoms with E-state index in [1.807, 2.05) is 36.4 Å². The molecule has 3 rings (SSSR count). The summed E-state index contributed by atoms with van der Waals surface area (Å²) >= 11 is 0. The Balaban J connectivity index is 1.51. The van der Waals surface area contributed by atoms with Gasteiger partial charge in [-0.3, -0.25) is 9.59 Å². The summed E-state index contributed by atoms with van der Waals surface area (Å²) in [6, 6.07) is 14.6. The Labute approximate surface area is 164 Å². The van der Waals surface area contributed by atoms with Gasteiger partial charge in [-0.1, -0.05) is 24.3 Å². The lowest BCUT2D eigenvalue weighted by Gasteiger charge is -2.19. The van der Waals surface area contributed by atoms with Crippen LogP contribution in [0.5, 0.6) is 17.2 Å². The van der Waals surface area contributed by atoms with E-state index in [4.69, 9.17) is 14.2 Å². The molecule has 2 aromatic rings. The molecule has 0 unspecified atom stereocenters. The van der Waals surface area contributed by atoms with E-state index in [1.165, 1.54) is 0 Å². The number of rotatable bonds is 8. The van der Waals surface area contributed by atoms with Crippen LogP contribution in [0.3, 0.4) is 0 Å². The average molecular weight is 384 g/mol. The number of amides is 2. The van der Waals surface area contributed by atoms with Crippen molar-refractivity contribution in [3.8, 4) is 17.2 Å². The van der Waals surface area contributed by atoms with Crippen LogP contribution in [0.1, 0.15) is 6.42 Å². The average Bonchev–Trinajstić information content (AvgIpc) is 3.12. The van der Waals surface area contributed by atoms with Crippen molar-refractivity contribution in [2.24, 2.45) is 5.92 Å². The van der Waals surface area contributed by atoms with E-state index in [2.05, 4.69) is 5.32 Å². The number of hydrogen-bond donors (Lipinski definition) is 1. The van der Waals surface area contributed by atoms with Gasteiger partial charge in [-0.05, 0) is 24.3 Å². The molecule has 2 aromatic carbocycles. The molecule has 1 fully saturated rings. The van der Waals surface area contributed by atoms with E-state index in [9.17, 15) is 9.59 Å². The van der Waals surface area contributed by atoms with Gasteiger partial charge in [-0.2, -0.15) is 0 Å². The summed E-state index contributed by atoms with van der Waals surface area (Å²) in [6.45, 7) is 0.984. The Morgan fingerprint density at radius 3 is 2.39 bits per heavy atom. The zero-order valence-electron chi connectivity index (χ0n) is 16.0. The summed E-state index contributed by atoms with van der Waals surface area (Å²) in [5, 5.41) is 2.84. The molecule has 0 spiro atoms. The van der Waals surface area contributed by atoms with Gasteiger partial charge in [0.15, 0.2) is 11.5 Å². The monoisotopic (exact) mass is 384 g/mol. The molecular weight excluding hydrogens is 360 g/mol. The lowest BCUT2D eigenvalue weighted by atomic mass is 10.1. The lowest BCUT2D eigenvalue weighted by molar-refractivity contribution is -0.126. The van der Waals surface area contributed by atoms with Crippen molar-refractivity contribution in [3.05, 3.63) is 48.5 Å². The molecule has 28 heavy (non-hydrogen) atoms. The van der Waals surface area contributed by atoms with E-state index in [0.29, 0.717) is 42.6 Å². The molecule has 0 radical (unpaired) electrons. The van der Waals surface area contributed by atoms with Crippen LogP contribution in [-0.4, -0.2) is 45.7 Å². The number of benzene rings is 2. The van der Waals surface area contributed by atoms with Crippen LogP contribution < -0.4 is 24.4 Å². The standard InChI is InChI=1S/C21H24N2O5/c1-26-17-8-4-3-7-16(17)23-14-15(13-20(23)24)21(25)22-11-12-28-19-10-6-5-9-18(19)27-2/h3-10,15H,11-14H2,1-2H3,(H,22,25)/t15-/m0/s1. The third kappa shape index (κ3) is 4.36. The van der Waals surface area contributed by atoms with Crippen LogP contribution >= 0.6 is 0 Å². The van der Waals surface area contributed by atoms with Crippen LogP contribution in [-0.2, 0) is 9.59 Å². The maximum absolute atomic E-state index is 12.5. The molecule has 1 heterocycles. The Morgan fingerprint density at radius 2 is 1.68 bits per heavy atom. The van der Waals surface area contributed by atoms with Crippen LogP contribution in [0.2, 0.25) is 0 Å². The van der Waals surface area contributed by atoms with E-state index < -0.39 is 5.92 Å². The highest BCUT2D eigenvalue weighted by molar-refractivity contribution is 6.01. The lowest BCUT2D eigenvalue weighted by Crippen LogP contribution is -2.35. The Morgan fingerprint density at radius 1 is 1.04 bits per heavy atom. The van der Waals surface area contributed by atoms with Gasteiger partial charge in [-0.25, -0.2) is 0 Å². The number of hydrogen-bond acceptors (Lipinski definition) is 5. The van der Waals surface area contributed by atoms with Gasteiger partial charge in [0.25, 0.3) is 0 Å². The molecule has 0 bridgehead atoms. The molecule has 7 nitrogen and oxygen atoms in total. The minimum absolute atomic E-state index is 0.0880. The highest BCUT2D eigenvalue weighted by Gasteiger charge is 2.36. The second-order valence-electron chi connectivity index (χ2n) is 6.37. The maximum Gasteiger partial charge on any atom is 0.227 e. The molecule has 148 valence electrons. The topological polar surface area (TPSA) is 77.1 Å². The van der Waals surface area contributed by atoms with E-state index in [-0.39, 0.29) is 18.2 Å². The fraction of sp³-hybridized carbons (Fsp3) is 0.333. The highest BCUT2D eigenvalue weighted by atomic mass is 16.5. The van der Waals surface area contributed by atoms with Gasteiger partial charge in [0, 0.05) is 13.0 Å². The number of anilines is 1. The molecule has 1 saturated heterocycles. The van der Waals surface area contributed by atoms with Crippen LogP contribution in [0.4, 0.5) is 5.69 Å². The molecule has 0 saturated carbocycles. The molecule has 7 heteroatoms. The highest BCUT2D eigenvalue weighted by Crippen LogP contribution is 2.32. The predicted molar refractivity (Wildman–Crippen MR) is 105 cm³/mol. The summed E-state index contributed by atoms with van der Waals surface area (Å²) in [5.41, 5.74) is 0.685. The number of nitrogens with zero attached hydrogens (tertiary/aromatic N) is 1. The number of carbonyl (C=O) groups is 2. The van der Waals surface area contributed by atoms with Gasteiger partial charge in [0.2, 0.25) is 11.8 Å². The van der Waals surface area contributed by atoms with Gasteiger partial charge in [0.1, 0.15) is 12.4 Å². The van der Waals surface area contributed by atoms with Crippen molar-refractivity contribution < 1.29 is 23.8 Å². The first kappa shape index (κ1) is 19.5. The first-order valence-corrected chi connectivity index (χ1v) is 9.11. The fourth-order valence-electron chi connectivity index (χ4n) is 3.19. The summed E-state index contributed by atoms with van der Waals surface area (Å²) in [4.78, 5) is 26.5. The molecule has 1 aliphatic rings. The van der Waals surface area contributed by atoms with Crippen molar-refractivity contribution in [1.82, 2.24) is 5.32 Å². The predicted octanol–water partition coefficient (Wildman–Crippen LogP) is 2.25. The van der Waals surface area contributed by atoms with Crippen LogP contribution in [0, 0.1) is 5.92 Å². The van der Waals surface area contributed by atoms with E-state index in [0.717, 1.165) is 0 Å². The van der Waals surface area contributed by atoms with Crippen molar-refractivity contribution in [2.45, 2.75) is 6.42 Å². The Bertz CT molecular complexity index is 839. The molecule has 1 atom stereocenters. The smallest absolute Gasteiger partial charge is 0.227 e. The SMILES string of the molecule is COc1ccccc1OCCNC(=O)[C@H]1CC(=O)N(c2ccccc2OC)C1. The third-order valence-corrected chi connectivity index (χ3v) is 4.60. The first-order chi connectivity index (χ1) is 13.6. The zero-order chi connectivity index (χ0) is 19.9. The van der Waals surface area contributed by atoms with Crippen molar-refractivity contribution >= 4 is 17.5 Å². The van der Waals surface area contributed by atoms with Crippen molar-refractivity contribution in [2.75, 3.05) is 38.8 Å². The summed E-state index contributed by atoms with van der Waals surface area (Å²) in [5.74, 6) is 1.23. The van der Waals surface area contributed by atoms with Gasteiger partial charge < -0.3 is 24.4 Å². The second kappa shape index (κ2) is 9.12. The number of methoxy groups -OCH3 is 2. The fourth-order valence-corrected chi connectivity index (χ4v) is 3.19. The third-order valence-electron chi connectivity index (χ3n) is 4.60. The number of ether oxygens (including phenoxy) is 3. The number of nitrogens with one attached hydrogen (secondary N) is 1. The quantitative estimate of drug-likeness (QED) is 0.707. The number of para-hydroxylation sites is 4. The summed E-state index contributed by atoms with van der Waals surface area (Å²) < 4.78 is 16.2. The molecular formula is C21H24N2O5. The van der Waals surface area contributed by atoms with Crippen LogP contribution in [0.15, 0.2) is 48.5 Å². The minimum Gasteiger partial charge on any atom is -0.495 e. The maximum atomic E-state index is 12.5. The van der Waals surface area contributed by atoms with Gasteiger partial charge in [-0.15, -0.1) is 0 Å². The normalized spacial score (nSPS) is 16.0. The molecule has 0 aromatic heterocycles. The Kier molecular flexibility index (Phi) is 6.37.